The van der Waals surface area contributed by atoms with Gasteiger partial charge in [0.2, 0.25) is 11.8 Å². The Balaban J connectivity index is 1.79. The number of rotatable bonds is 3. The highest BCUT2D eigenvalue weighted by molar-refractivity contribution is 5.92. The summed E-state index contributed by atoms with van der Waals surface area (Å²) in [6.45, 7) is 2.41. The van der Waals surface area contributed by atoms with E-state index in [0.29, 0.717) is 23.8 Å². The number of nitrogens with zero attached hydrogens (tertiary/aromatic N) is 4. The van der Waals surface area contributed by atoms with Crippen molar-refractivity contribution in [1.29, 1.82) is 0 Å². The summed E-state index contributed by atoms with van der Waals surface area (Å²) >= 11 is 0. The third-order valence-corrected chi connectivity index (χ3v) is 4.04. The van der Waals surface area contributed by atoms with E-state index >= 15 is 0 Å². The Morgan fingerprint density at radius 1 is 1.38 bits per heavy atom. The molecule has 126 valence electrons. The molecule has 1 aliphatic rings. The molecule has 2 aromatic rings. The van der Waals surface area contributed by atoms with Crippen molar-refractivity contribution in [3.63, 3.8) is 0 Å². The molecule has 1 fully saturated rings. The summed E-state index contributed by atoms with van der Waals surface area (Å²) in [4.78, 5) is 22.7. The van der Waals surface area contributed by atoms with E-state index in [1.807, 2.05) is 0 Å². The standard InChI is InChI=1S/C17H20N4O3/c1-12-19-17(20-24-12)15-5-3-2-4-8-21(15)16(23)7-6-13-9-14(22)11-18-10-13/h6-7,9-11,15,22H,2-5,8H2,1H3. The van der Waals surface area contributed by atoms with E-state index in [1.165, 1.54) is 12.3 Å². The van der Waals surface area contributed by atoms with Crippen LogP contribution in [0.15, 0.2) is 29.1 Å². The average Bonchev–Trinajstić information content (AvgIpc) is 2.85. The van der Waals surface area contributed by atoms with Crippen LogP contribution in [0.5, 0.6) is 5.75 Å². The summed E-state index contributed by atoms with van der Waals surface area (Å²) in [7, 11) is 0. The van der Waals surface area contributed by atoms with E-state index < -0.39 is 0 Å². The summed E-state index contributed by atoms with van der Waals surface area (Å²) in [5, 5.41) is 13.4. The summed E-state index contributed by atoms with van der Waals surface area (Å²) in [5.74, 6) is 1.03. The molecule has 1 N–H and O–H groups in total. The Labute approximate surface area is 140 Å². The molecule has 0 saturated carbocycles. The van der Waals surface area contributed by atoms with Gasteiger partial charge in [-0.1, -0.05) is 18.0 Å². The largest absolute Gasteiger partial charge is 0.506 e. The maximum atomic E-state index is 12.7. The number of likely N-dealkylation sites (tertiary alicyclic amines) is 1. The minimum Gasteiger partial charge on any atom is -0.506 e. The molecular formula is C17H20N4O3. The van der Waals surface area contributed by atoms with Gasteiger partial charge in [0.05, 0.1) is 12.2 Å². The first-order chi connectivity index (χ1) is 11.6. The van der Waals surface area contributed by atoms with Crippen LogP contribution in [-0.2, 0) is 4.79 Å². The van der Waals surface area contributed by atoms with Crippen LogP contribution < -0.4 is 0 Å². The number of hydrogen-bond donors (Lipinski definition) is 1. The highest BCUT2D eigenvalue weighted by Crippen LogP contribution is 2.28. The molecule has 7 heteroatoms. The molecule has 3 heterocycles. The van der Waals surface area contributed by atoms with Crippen molar-refractivity contribution in [3.05, 3.63) is 41.8 Å². The Hall–Kier alpha value is -2.70. The zero-order chi connectivity index (χ0) is 16.9. The summed E-state index contributed by atoms with van der Waals surface area (Å²) in [5.41, 5.74) is 0.671. The van der Waals surface area contributed by atoms with Crippen molar-refractivity contribution in [2.75, 3.05) is 6.54 Å². The maximum absolute atomic E-state index is 12.7. The fraction of sp³-hybridized carbons (Fsp3) is 0.412. The topological polar surface area (TPSA) is 92.4 Å². The number of aromatic hydroxyl groups is 1. The van der Waals surface area contributed by atoms with Gasteiger partial charge in [-0.2, -0.15) is 4.98 Å². The summed E-state index contributed by atoms with van der Waals surface area (Å²) in [6.07, 6.45) is 9.99. The van der Waals surface area contributed by atoms with E-state index in [9.17, 15) is 9.90 Å². The van der Waals surface area contributed by atoms with Gasteiger partial charge in [-0.25, -0.2) is 0 Å². The van der Waals surface area contributed by atoms with Gasteiger partial charge in [-0.3, -0.25) is 9.78 Å². The predicted octanol–water partition coefficient (Wildman–Crippen LogP) is 2.64. The molecule has 1 atom stereocenters. The maximum Gasteiger partial charge on any atom is 0.247 e. The lowest BCUT2D eigenvalue weighted by Crippen LogP contribution is -2.34. The van der Waals surface area contributed by atoms with Gasteiger partial charge < -0.3 is 14.5 Å². The number of hydrogen-bond acceptors (Lipinski definition) is 6. The van der Waals surface area contributed by atoms with Gasteiger partial charge in [0.15, 0.2) is 5.82 Å². The SMILES string of the molecule is Cc1nc(C2CCCCCN2C(=O)C=Cc2cncc(O)c2)no1. The van der Waals surface area contributed by atoms with Crippen molar-refractivity contribution in [3.8, 4) is 5.75 Å². The van der Waals surface area contributed by atoms with Crippen LogP contribution in [0.3, 0.4) is 0 Å². The van der Waals surface area contributed by atoms with Gasteiger partial charge in [0.1, 0.15) is 5.75 Å². The van der Waals surface area contributed by atoms with Crippen molar-refractivity contribution in [1.82, 2.24) is 20.0 Å². The molecule has 1 saturated heterocycles. The van der Waals surface area contributed by atoms with E-state index in [1.54, 1.807) is 30.2 Å². The molecule has 0 spiro atoms. The minimum absolute atomic E-state index is 0.0690. The second-order valence-corrected chi connectivity index (χ2v) is 5.88. The molecule has 7 nitrogen and oxygen atoms in total. The van der Waals surface area contributed by atoms with Crippen molar-refractivity contribution >= 4 is 12.0 Å². The van der Waals surface area contributed by atoms with Gasteiger partial charge >= 0.3 is 0 Å². The smallest absolute Gasteiger partial charge is 0.247 e. The third-order valence-electron chi connectivity index (χ3n) is 4.04. The lowest BCUT2D eigenvalue weighted by atomic mass is 10.1. The first-order valence-electron chi connectivity index (χ1n) is 8.06. The van der Waals surface area contributed by atoms with E-state index in [-0.39, 0.29) is 17.7 Å². The molecule has 2 aromatic heterocycles. The minimum atomic E-state index is -0.163. The normalized spacial score (nSPS) is 18.7. The number of aryl methyl sites for hydroxylation is 1. The lowest BCUT2D eigenvalue weighted by Gasteiger charge is -2.26. The average molecular weight is 328 g/mol. The Bertz CT molecular complexity index is 741. The van der Waals surface area contributed by atoms with Gasteiger partial charge in [0.25, 0.3) is 0 Å². The molecule has 0 aliphatic carbocycles. The molecular weight excluding hydrogens is 308 g/mol. The van der Waals surface area contributed by atoms with Crippen molar-refractivity contribution in [2.24, 2.45) is 0 Å². The second-order valence-electron chi connectivity index (χ2n) is 5.88. The highest BCUT2D eigenvalue weighted by Gasteiger charge is 2.29. The molecule has 1 amide bonds. The van der Waals surface area contributed by atoms with Crippen LogP contribution >= 0.6 is 0 Å². The lowest BCUT2D eigenvalue weighted by molar-refractivity contribution is -0.128. The number of carbonyl (C=O) groups excluding carboxylic acids is 1. The molecule has 0 bridgehead atoms. The van der Waals surface area contributed by atoms with Gasteiger partial charge in [0, 0.05) is 25.7 Å². The number of aromatic nitrogens is 3. The molecule has 3 rings (SSSR count). The van der Waals surface area contributed by atoms with E-state index in [0.717, 1.165) is 25.7 Å². The fourth-order valence-electron chi connectivity index (χ4n) is 2.89. The van der Waals surface area contributed by atoms with Crippen molar-refractivity contribution in [2.45, 2.75) is 38.6 Å². The molecule has 1 unspecified atom stereocenters. The van der Waals surface area contributed by atoms with Crippen LogP contribution in [0.4, 0.5) is 0 Å². The number of pyridine rings is 1. The molecule has 24 heavy (non-hydrogen) atoms. The summed E-state index contributed by atoms with van der Waals surface area (Å²) in [6, 6.07) is 1.39. The first-order valence-corrected chi connectivity index (χ1v) is 8.06. The van der Waals surface area contributed by atoms with E-state index in [2.05, 4.69) is 15.1 Å². The number of amides is 1. The molecule has 1 aliphatic heterocycles. The van der Waals surface area contributed by atoms with Crippen LogP contribution in [-0.4, -0.2) is 37.6 Å². The second kappa shape index (κ2) is 7.25. The quantitative estimate of drug-likeness (QED) is 0.871. The van der Waals surface area contributed by atoms with Crippen LogP contribution in [0, 0.1) is 6.92 Å². The zero-order valence-corrected chi connectivity index (χ0v) is 13.6. The monoisotopic (exact) mass is 328 g/mol. The third kappa shape index (κ3) is 3.79. The summed E-state index contributed by atoms with van der Waals surface area (Å²) < 4.78 is 5.08. The van der Waals surface area contributed by atoms with Gasteiger partial charge in [-0.05, 0) is 30.5 Å². The van der Waals surface area contributed by atoms with Crippen LogP contribution in [0.2, 0.25) is 0 Å². The predicted molar refractivity (Wildman–Crippen MR) is 86.9 cm³/mol. The van der Waals surface area contributed by atoms with Crippen molar-refractivity contribution < 1.29 is 14.4 Å². The number of carbonyl (C=O) groups is 1. The Morgan fingerprint density at radius 2 is 2.25 bits per heavy atom. The van der Waals surface area contributed by atoms with Crippen LogP contribution in [0.1, 0.15) is 49.0 Å². The highest BCUT2D eigenvalue weighted by atomic mass is 16.5. The zero-order valence-electron chi connectivity index (χ0n) is 13.6. The Morgan fingerprint density at radius 3 is 3.00 bits per heavy atom. The first kappa shape index (κ1) is 16.2. The molecule has 0 radical (unpaired) electrons. The van der Waals surface area contributed by atoms with E-state index in [4.69, 9.17) is 4.52 Å². The van der Waals surface area contributed by atoms with Crippen LogP contribution in [0.25, 0.3) is 6.08 Å². The Kier molecular flexibility index (Phi) is 4.88. The molecule has 0 aromatic carbocycles. The van der Waals surface area contributed by atoms with Gasteiger partial charge in [-0.15, -0.1) is 0 Å². The fourth-order valence-corrected chi connectivity index (χ4v) is 2.89.